The first kappa shape index (κ1) is 15.4. The van der Waals surface area contributed by atoms with Crippen LogP contribution in [0.15, 0.2) is 36.2 Å². The number of allylic oxidation sites excluding steroid dienone is 4. The zero-order chi connectivity index (χ0) is 16.3. The molecule has 0 saturated heterocycles. The SMILES string of the molecule is C#C/C(=C\C(=C/C)c1cnc2ccc(N)nn12)OC(F)(F)F. The summed E-state index contributed by atoms with van der Waals surface area (Å²) in [7, 11) is 0. The highest BCUT2D eigenvalue weighted by atomic mass is 19.4. The van der Waals surface area contributed by atoms with Gasteiger partial charge in [0.1, 0.15) is 5.82 Å². The number of terminal acetylenes is 1. The Bertz CT molecular complexity index is 797. The van der Waals surface area contributed by atoms with Gasteiger partial charge in [-0.1, -0.05) is 6.08 Å². The molecule has 5 nitrogen and oxygen atoms in total. The fourth-order valence-electron chi connectivity index (χ4n) is 1.76. The van der Waals surface area contributed by atoms with E-state index in [0.29, 0.717) is 16.9 Å². The number of hydrogen-bond donors (Lipinski definition) is 1. The molecule has 0 aromatic carbocycles. The van der Waals surface area contributed by atoms with Crippen molar-refractivity contribution in [2.45, 2.75) is 13.3 Å². The molecule has 0 aliphatic carbocycles. The lowest BCUT2D eigenvalue weighted by molar-refractivity contribution is -0.302. The van der Waals surface area contributed by atoms with Crippen molar-refractivity contribution in [2.75, 3.05) is 5.73 Å². The van der Waals surface area contributed by atoms with Gasteiger partial charge in [-0.3, -0.25) is 0 Å². The first-order valence-corrected chi connectivity index (χ1v) is 6.05. The minimum absolute atomic E-state index is 0.245. The number of nitrogens with two attached hydrogens (primary N) is 1. The highest BCUT2D eigenvalue weighted by Crippen LogP contribution is 2.24. The molecule has 2 N–H and O–H groups in total. The summed E-state index contributed by atoms with van der Waals surface area (Å²) >= 11 is 0. The summed E-state index contributed by atoms with van der Waals surface area (Å²) in [5.74, 6) is 1.43. The topological polar surface area (TPSA) is 65.4 Å². The Morgan fingerprint density at radius 1 is 1.45 bits per heavy atom. The van der Waals surface area contributed by atoms with Gasteiger partial charge in [-0.05, 0) is 31.1 Å². The zero-order valence-corrected chi connectivity index (χ0v) is 11.4. The highest BCUT2D eigenvalue weighted by Gasteiger charge is 2.31. The normalized spacial score (nSPS) is 13.2. The molecule has 2 rings (SSSR count). The predicted octanol–water partition coefficient (Wildman–Crippen LogP) is 2.77. The molecule has 0 aliphatic heterocycles. The van der Waals surface area contributed by atoms with E-state index in [0.717, 1.165) is 6.08 Å². The summed E-state index contributed by atoms with van der Waals surface area (Å²) in [5, 5.41) is 4.06. The monoisotopic (exact) mass is 308 g/mol. The molecule has 0 saturated carbocycles. The number of imidazole rings is 1. The molecule has 2 aromatic heterocycles. The fourth-order valence-corrected chi connectivity index (χ4v) is 1.76. The van der Waals surface area contributed by atoms with Gasteiger partial charge in [0.05, 0.1) is 11.9 Å². The summed E-state index contributed by atoms with van der Waals surface area (Å²) < 4.78 is 42.0. The number of fused-ring (bicyclic) bond motifs is 1. The van der Waals surface area contributed by atoms with E-state index in [-0.39, 0.29) is 5.82 Å². The number of hydrogen-bond acceptors (Lipinski definition) is 4. The zero-order valence-electron chi connectivity index (χ0n) is 11.4. The van der Waals surface area contributed by atoms with Crippen molar-refractivity contribution in [2.24, 2.45) is 0 Å². The summed E-state index contributed by atoms with van der Waals surface area (Å²) in [6.07, 6.45) is 4.28. The molecule has 114 valence electrons. The Hall–Kier alpha value is -2.95. The summed E-state index contributed by atoms with van der Waals surface area (Å²) in [6, 6.07) is 3.20. The molecule has 0 spiro atoms. The van der Waals surface area contributed by atoms with Crippen LogP contribution in [-0.4, -0.2) is 21.0 Å². The molecule has 2 heterocycles. The number of anilines is 1. The minimum atomic E-state index is -4.86. The summed E-state index contributed by atoms with van der Waals surface area (Å²) in [4.78, 5) is 4.10. The number of rotatable bonds is 3. The Labute approximate surface area is 123 Å². The number of halogens is 3. The van der Waals surface area contributed by atoms with Crippen LogP contribution >= 0.6 is 0 Å². The standard InChI is InChI=1S/C14H11F3N4O/c1-3-9(7-10(4-2)22-14(15,16)17)11-8-19-13-6-5-12(18)20-21(11)13/h2-3,5-8H,1H3,(H2,18,20)/b9-3+,10-7+. The van der Waals surface area contributed by atoms with Crippen LogP contribution in [0.1, 0.15) is 12.6 Å². The van der Waals surface area contributed by atoms with E-state index >= 15 is 0 Å². The molecule has 0 amide bonds. The van der Waals surface area contributed by atoms with Gasteiger partial charge >= 0.3 is 6.36 Å². The maximum Gasteiger partial charge on any atom is 0.573 e. The van der Waals surface area contributed by atoms with Gasteiger partial charge in [-0.2, -0.15) is 0 Å². The van der Waals surface area contributed by atoms with Crippen LogP contribution in [-0.2, 0) is 4.74 Å². The van der Waals surface area contributed by atoms with Crippen molar-refractivity contribution in [1.29, 1.82) is 0 Å². The Morgan fingerprint density at radius 2 is 2.18 bits per heavy atom. The van der Waals surface area contributed by atoms with Crippen molar-refractivity contribution in [1.82, 2.24) is 14.6 Å². The quantitative estimate of drug-likeness (QED) is 0.538. The van der Waals surface area contributed by atoms with Crippen LogP contribution in [0.3, 0.4) is 0 Å². The molecule has 2 aromatic rings. The highest BCUT2D eigenvalue weighted by molar-refractivity contribution is 5.74. The number of aromatic nitrogens is 3. The molecular formula is C14H11F3N4O. The van der Waals surface area contributed by atoms with E-state index in [1.165, 1.54) is 10.7 Å². The second-order valence-corrected chi connectivity index (χ2v) is 4.12. The van der Waals surface area contributed by atoms with Gasteiger partial charge in [0, 0.05) is 5.57 Å². The number of nitrogen functional groups attached to an aromatic ring is 1. The summed E-state index contributed by atoms with van der Waals surface area (Å²) in [5.41, 5.74) is 6.90. The van der Waals surface area contributed by atoms with Crippen molar-refractivity contribution >= 4 is 17.0 Å². The van der Waals surface area contributed by atoms with Crippen LogP contribution < -0.4 is 5.73 Å². The van der Waals surface area contributed by atoms with E-state index in [9.17, 15) is 13.2 Å². The maximum atomic E-state index is 12.3. The first-order valence-electron chi connectivity index (χ1n) is 6.05. The van der Waals surface area contributed by atoms with E-state index in [1.54, 1.807) is 25.1 Å². The molecule has 22 heavy (non-hydrogen) atoms. The van der Waals surface area contributed by atoms with Gasteiger partial charge in [0.2, 0.25) is 0 Å². The first-order chi connectivity index (χ1) is 10.3. The molecule has 0 fully saturated rings. The fraction of sp³-hybridized carbons (Fsp3) is 0.143. The van der Waals surface area contributed by atoms with Crippen LogP contribution in [0.5, 0.6) is 0 Å². The Kier molecular flexibility index (Phi) is 4.08. The third-order valence-electron chi connectivity index (χ3n) is 2.64. The Morgan fingerprint density at radius 3 is 2.77 bits per heavy atom. The lowest BCUT2D eigenvalue weighted by Crippen LogP contribution is -2.12. The van der Waals surface area contributed by atoms with Crippen molar-refractivity contribution in [3.8, 4) is 12.3 Å². The molecule has 0 aliphatic rings. The summed E-state index contributed by atoms with van der Waals surface area (Å²) in [6.45, 7) is 1.64. The van der Waals surface area contributed by atoms with Crippen molar-refractivity contribution < 1.29 is 17.9 Å². The van der Waals surface area contributed by atoms with Crippen LogP contribution in [0, 0.1) is 12.3 Å². The molecule has 0 unspecified atom stereocenters. The van der Waals surface area contributed by atoms with Gasteiger partial charge in [0.25, 0.3) is 0 Å². The van der Waals surface area contributed by atoms with Crippen LogP contribution in [0.25, 0.3) is 11.2 Å². The minimum Gasteiger partial charge on any atom is -0.397 e. The lowest BCUT2D eigenvalue weighted by atomic mass is 10.1. The third-order valence-corrected chi connectivity index (χ3v) is 2.64. The molecule has 0 bridgehead atoms. The van der Waals surface area contributed by atoms with Gasteiger partial charge in [0.15, 0.2) is 11.4 Å². The van der Waals surface area contributed by atoms with Gasteiger partial charge in [-0.25, -0.2) is 9.50 Å². The van der Waals surface area contributed by atoms with Gasteiger partial charge in [-0.15, -0.1) is 24.7 Å². The van der Waals surface area contributed by atoms with Gasteiger partial charge < -0.3 is 10.5 Å². The largest absolute Gasteiger partial charge is 0.573 e. The molecule has 8 heteroatoms. The average molecular weight is 308 g/mol. The van der Waals surface area contributed by atoms with Crippen molar-refractivity contribution in [3.05, 3.63) is 41.9 Å². The van der Waals surface area contributed by atoms with E-state index in [1.807, 2.05) is 5.92 Å². The maximum absolute atomic E-state index is 12.3. The molecular weight excluding hydrogens is 297 g/mol. The number of ether oxygens (including phenoxy) is 1. The second-order valence-electron chi connectivity index (χ2n) is 4.12. The van der Waals surface area contributed by atoms with Crippen LogP contribution in [0.4, 0.5) is 19.0 Å². The van der Waals surface area contributed by atoms with E-state index in [2.05, 4.69) is 14.8 Å². The molecule has 0 radical (unpaired) electrons. The smallest absolute Gasteiger partial charge is 0.397 e. The van der Waals surface area contributed by atoms with Crippen LogP contribution in [0.2, 0.25) is 0 Å². The van der Waals surface area contributed by atoms with E-state index in [4.69, 9.17) is 12.2 Å². The molecule has 0 atom stereocenters. The average Bonchev–Trinajstić information content (AvgIpc) is 2.85. The predicted molar refractivity (Wildman–Crippen MR) is 75.1 cm³/mol. The third kappa shape index (κ3) is 3.38. The second kappa shape index (κ2) is 5.81. The lowest BCUT2D eigenvalue weighted by Gasteiger charge is -2.09. The van der Waals surface area contributed by atoms with E-state index < -0.39 is 12.1 Å². The number of alkyl halides is 3. The Balaban J connectivity index is 2.47. The number of nitrogens with zero attached hydrogens (tertiary/aromatic N) is 3. The van der Waals surface area contributed by atoms with Crippen molar-refractivity contribution in [3.63, 3.8) is 0 Å².